The summed E-state index contributed by atoms with van der Waals surface area (Å²) in [7, 11) is 0. The molecule has 2 rings (SSSR count). The number of hydrogen-bond donors (Lipinski definition) is 1. The van der Waals surface area contributed by atoms with Crippen molar-refractivity contribution in [1.29, 1.82) is 0 Å². The standard InChI is InChI=1S/C13H24N2O/c1-4-11-13(16)15(12(5-2)14-11)10-7-6-9(3)8-10/h9-12,14H,4-8H2,1-3H3. The molecular formula is C13H24N2O. The molecule has 4 atom stereocenters. The molecule has 3 nitrogen and oxygen atoms in total. The molecule has 0 aromatic heterocycles. The summed E-state index contributed by atoms with van der Waals surface area (Å²) in [6.45, 7) is 6.55. The van der Waals surface area contributed by atoms with E-state index in [2.05, 4.69) is 31.0 Å². The van der Waals surface area contributed by atoms with E-state index in [0.29, 0.717) is 11.9 Å². The Morgan fingerprint density at radius 1 is 1.31 bits per heavy atom. The van der Waals surface area contributed by atoms with Crippen LogP contribution in [0.2, 0.25) is 0 Å². The van der Waals surface area contributed by atoms with Gasteiger partial charge in [-0.05, 0) is 38.0 Å². The minimum atomic E-state index is 0.0702. The first kappa shape index (κ1) is 11.9. The average Bonchev–Trinajstić information content (AvgIpc) is 2.82. The monoisotopic (exact) mass is 224 g/mol. The van der Waals surface area contributed by atoms with Gasteiger partial charge in [-0.15, -0.1) is 0 Å². The maximum absolute atomic E-state index is 12.3. The van der Waals surface area contributed by atoms with Crippen LogP contribution in [0.25, 0.3) is 0 Å². The fraction of sp³-hybridized carbons (Fsp3) is 0.923. The van der Waals surface area contributed by atoms with Crippen molar-refractivity contribution in [2.45, 2.75) is 71.1 Å². The summed E-state index contributed by atoms with van der Waals surface area (Å²) in [5.41, 5.74) is 0. The van der Waals surface area contributed by atoms with Gasteiger partial charge in [0.05, 0.1) is 12.2 Å². The van der Waals surface area contributed by atoms with Crippen LogP contribution in [0.3, 0.4) is 0 Å². The molecule has 16 heavy (non-hydrogen) atoms. The third-order valence-corrected chi connectivity index (χ3v) is 4.14. The number of carbonyl (C=O) groups is 1. The second kappa shape index (κ2) is 4.74. The number of rotatable bonds is 3. The number of amides is 1. The van der Waals surface area contributed by atoms with Gasteiger partial charge in [-0.3, -0.25) is 10.1 Å². The van der Waals surface area contributed by atoms with Crippen LogP contribution in [-0.2, 0) is 4.79 Å². The van der Waals surface area contributed by atoms with E-state index in [9.17, 15) is 4.79 Å². The lowest BCUT2D eigenvalue weighted by Crippen LogP contribution is -2.43. The van der Waals surface area contributed by atoms with Crippen molar-refractivity contribution in [3.05, 3.63) is 0 Å². The normalized spacial score (nSPS) is 39.7. The van der Waals surface area contributed by atoms with Crippen molar-refractivity contribution in [3.63, 3.8) is 0 Å². The van der Waals surface area contributed by atoms with Gasteiger partial charge in [-0.25, -0.2) is 0 Å². The first-order valence-corrected chi connectivity index (χ1v) is 6.75. The zero-order chi connectivity index (χ0) is 11.7. The molecule has 3 heteroatoms. The summed E-state index contributed by atoms with van der Waals surface area (Å²) in [5.74, 6) is 1.13. The first-order valence-electron chi connectivity index (χ1n) is 6.75. The van der Waals surface area contributed by atoms with Crippen molar-refractivity contribution >= 4 is 5.91 Å². The van der Waals surface area contributed by atoms with Gasteiger partial charge in [0.1, 0.15) is 0 Å². The zero-order valence-electron chi connectivity index (χ0n) is 10.7. The Balaban J connectivity index is 2.09. The van der Waals surface area contributed by atoms with E-state index >= 15 is 0 Å². The molecule has 2 aliphatic rings. The molecule has 1 aliphatic heterocycles. The van der Waals surface area contributed by atoms with E-state index in [1.807, 2.05) is 0 Å². The minimum Gasteiger partial charge on any atom is -0.323 e. The molecule has 1 heterocycles. The highest BCUT2D eigenvalue weighted by Crippen LogP contribution is 2.32. The molecule has 0 aromatic carbocycles. The van der Waals surface area contributed by atoms with Crippen molar-refractivity contribution in [2.24, 2.45) is 5.92 Å². The van der Waals surface area contributed by atoms with Gasteiger partial charge in [-0.2, -0.15) is 0 Å². The lowest BCUT2D eigenvalue weighted by atomic mass is 10.1. The second-order valence-electron chi connectivity index (χ2n) is 5.37. The van der Waals surface area contributed by atoms with E-state index in [0.717, 1.165) is 18.8 Å². The topological polar surface area (TPSA) is 32.3 Å². The molecule has 4 unspecified atom stereocenters. The fourth-order valence-corrected chi connectivity index (χ4v) is 3.19. The summed E-state index contributed by atoms with van der Waals surface area (Å²) in [5, 5.41) is 3.46. The van der Waals surface area contributed by atoms with Crippen LogP contribution >= 0.6 is 0 Å². The smallest absolute Gasteiger partial charge is 0.241 e. The summed E-state index contributed by atoms with van der Waals surface area (Å²) < 4.78 is 0. The molecule has 0 aromatic rings. The quantitative estimate of drug-likeness (QED) is 0.796. The van der Waals surface area contributed by atoms with Crippen LogP contribution in [0.4, 0.5) is 0 Å². The largest absolute Gasteiger partial charge is 0.323 e. The first-order chi connectivity index (χ1) is 7.67. The van der Waals surface area contributed by atoms with Crippen LogP contribution in [0, 0.1) is 5.92 Å². The summed E-state index contributed by atoms with van der Waals surface area (Å²) in [4.78, 5) is 14.4. The Kier molecular flexibility index (Phi) is 3.53. The van der Waals surface area contributed by atoms with Crippen LogP contribution < -0.4 is 5.32 Å². The third-order valence-electron chi connectivity index (χ3n) is 4.14. The number of hydrogen-bond acceptors (Lipinski definition) is 2. The van der Waals surface area contributed by atoms with Gasteiger partial charge in [-0.1, -0.05) is 20.8 Å². The van der Waals surface area contributed by atoms with Crippen molar-refractivity contribution in [1.82, 2.24) is 10.2 Å². The molecule has 1 saturated heterocycles. The van der Waals surface area contributed by atoms with Crippen molar-refractivity contribution in [3.8, 4) is 0 Å². The average molecular weight is 224 g/mol. The van der Waals surface area contributed by atoms with Gasteiger partial charge in [0.25, 0.3) is 0 Å². The van der Waals surface area contributed by atoms with E-state index in [4.69, 9.17) is 0 Å². The van der Waals surface area contributed by atoms with Gasteiger partial charge in [0, 0.05) is 6.04 Å². The van der Waals surface area contributed by atoms with E-state index in [1.165, 1.54) is 19.3 Å². The zero-order valence-corrected chi connectivity index (χ0v) is 10.7. The number of nitrogens with one attached hydrogen (secondary N) is 1. The molecule has 0 spiro atoms. The predicted molar refractivity (Wildman–Crippen MR) is 64.9 cm³/mol. The van der Waals surface area contributed by atoms with Gasteiger partial charge >= 0.3 is 0 Å². The SMILES string of the molecule is CCC1NC(CC)N(C2CCC(C)C2)C1=O. The van der Waals surface area contributed by atoms with Crippen LogP contribution in [0.1, 0.15) is 52.9 Å². The molecule has 1 aliphatic carbocycles. The van der Waals surface area contributed by atoms with Crippen LogP contribution in [0.15, 0.2) is 0 Å². The van der Waals surface area contributed by atoms with E-state index in [-0.39, 0.29) is 12.2 Å². The minimum absolute atomic E-state index is 0.0702. The molecule has 1 amide bonds. The Labute approximate surface area is 98.6 Å². The van der Waals surface area contributed by atoms with E-state index in [1.54, 1.807) is 0 Å². The Morgan fingerprint density at radius 2 is 2.06 bits per heavy atom. The highest BCUT2D eigenvalue weighted by atomic mass is 16.2. The van der Waals surface area contributed by atoms with Gasteiger partial charge in [0.15, 0.2) is 0 Å². The summed E-state index contributed by atoms with van der Waals surface area (Å²) >= 11 is 0. The second-order valence-corrected chi connectivity index (χ2v) is 5.37. The molecule has 2 fully saturated rings. The third kappa shape index (κ3) is 1.97. The van der Waals surface area contributed by atoms with Crippen molar-refractivity contribution < 1.29 is 4.79 Å². The lowest BCUT2D eigenvalue weighted by Gasteiger charge is -2.29. The summed E-state index contributed by atoms with van der Waals surface area (Å²) in [6.07, 6.45) is 5.89. The predicted octanol–water partition coefficient (Wildman–Crippen LogP) is 2.12. The fourth-order valence-electron chi connectivity index (χ4n) is 3.19. The molecular weight excluding hydrogens is 200 g/mol. The molecule has 1 N–H and O–H groups in total. The number of nitrogens with zero attached hydrogens (tertiary/aromatic N) is 1. The Hall–Kier alpha value is -0.570. The molecule has 92 valence electrons. The lowest BCUT2D eigenvalue weighted by molar-refractivity contribution is -0.132. The maximum atomic E-state index is 12.3. The number of carbonyl (C=O) groups excluding carboxylic acids is 1. The molecule has 0 bridgehead atoms. The Morgan fingerprint density at radius 3 is 2.56 bits per heavy atom. The van der Waals surface area contributed by atoms with E-state index < -0.39 is 0 Å². The van der Waals surface area contributed by atoms with Crippen LogP contribution in [-0.4, -0.2) is 29.1 Å². The highest BCUT2D eigenvalue weighted by Gasteiger charge is 2.42. The van der Waals surface area contributed by atoms with Crippen LogP contribution in [0.5, 0.6) is 0 Å². The van der Waals surface area contributed by atoms with Crippen molar-refractivity contribution in [2.75, 3.05) is 0 Å². The summed E-state index contributed by atoms with van der Waals surface area (Å²) in [6, 6.07) is 0.567. The molecule has 0 radical (unpaired) electrons. The Bertz CT molecular complexity index is 267. The highest BCUT2D eigenvalue weighted by molar-refractivity contribution is 5.84. The maximum Gasteiger partial charge on any atom is 0.241 e. The van der Waals surface area contributed by atoms with Gasteiger partial charge in [0.2, 0.25) is 5.91 Å². The van der Waals surface area contributed by atoms with Gasteiger partial charge < -0.3 is 4.90 Å². The molecule has 1 saturated carbocycles.